The first kappa shape index (κ1) is 14.8. The SMILES string of the molecule is CCCCCNS(=O)(=O)c1ccc(N)c2ccccc12. The van der Waals surface area contributed by atoms with Crippen LogP contribution in [0.2, 0.25) is 0 Å². The highest BCUT2D eigenvalue weighted by atomic mass is 32.2. The van der Waals surface area contributed by atoms with Crippen LogP contribution in [0.25, 0.3) is 10.8 Å². The second-order valence-corrected chi connectivity index (χ2v) is 6.54. The fraction of sp³-hybridized carbons (Fsp3) is 0.333. The zero-order chi connectivity index (χ0) is 14.6. The van der Waals surface area contributed by atoms with Gasteiger partial charge in [0.05, 0.1) is 4.90 Å². The average molecular weight is 292 g/mol. The predicted octanol–water partition coefficient (Wildman–Crippen LogP) is 2.89. The van der Waals surface area contributed by atoms with Crippen LogP contribution in [-0.4, -0.2) is 15.0 Å². The van der Waals surface area contributed by atoms with Gasteiger partial charge in [0.2, 0.25) is 10.0 Å². The lowest BCUT2D eigenvalue weighted by molar-refractivity contribution is 0.577. The molecule has 0 aliphatic heterocycles. The summed E-state index contributed by atoms with van der Waals surface area (Å²) < 4.78 is 27.4. The zero-order valence-electron chi connectivity index (χ0n) is 11.6. The van der Waals surface area contributed by atoms with E-state index in [0.29, 0.717) is 22.5 Å². The van der Waals surface area contributed by atoms with E-state index in [1.165, 1.54) is 0 Å². The van der Waals surface area contributed by atoms with Crippen LogP contribution in [0.15, 0.2) is 41.3 Å². The first-order valence-electron chi connectivity index (χ1n) is 6.83. The Hall–Kier alpha value is -1.59. The molecule has 20 heavy (non-hydrogen) atoms. The van der Waals surface area contributed by atoms with Gasteiger partial charge in [0.15, 0.2) is 0 Å². The Morgan fingerprint density at radius 3 is 2.45 bits per heavy atom. The van der Waals surface area contributed by atoms with Crippen molar-refractivity contribution in [3.8, 4) is 0 Å². The van der Waals surface area contributed by atoms with E-state index in [-0.39, 0.29) is 0 Å². The van der Waals surface area contributed by atoms with Crippen molar-refractivity contribution in [2.24, 2.45) is 0 Å². The fourth-order valence-corrected chi connectivity index (χ4v) is 3.47. The second kappa shape index (κ2) is 6.24. The number of hydrogen-bond donors (Lipinski definition) is 2. The normalized spacial score (nSPS) is 11.8. The maximum absolute atomic E-state index is 12.4. The molecule has 0 atom stereocenters. The Morgan fingerprint density at radius 1 is 1.05 bits per heavy atom. The maximum atomic E-state index is 12.4. The van der Waals surface area contributed by atoms with Crippen LogP contribution in [0, 0.1) is 0 Å². The van der Waals surface area contributed by atoms with Crippen LogP contribution in [0.1, 0.15) is 26.2 Å². The number of nitrogen functional groups attached to an aromatic ring is 1. The van der Waals surface area contributed by atoms with Gasteiger partial charge in [-0.1, -0.05) is 44.0 Å². The molecule has 0 fully saturated rings. The van der Waals surface area contributed by atoms with Crippen LogP contribution < -0.4 is 10.5 Å². The summed E-state index contributed by atoms with van der Waals surface area (Å²) in [5.41, 5.74) is 6.48. The van der Waals surface area contributed by atoms with Crippen LogP contribution in [0.4, 0.5) is 5.69 Å². The minimum atomic E-state index is -3.49. The molecule has 0 heterocycles. The summed E-state index contributed by atoms with van der Waals surface area (Å²) in [4.78, 5) is 0.291. The maximum Gasteiger partial charge on any atom is 0.241 e. The molecule has 2 aromatic rings. The number of sulfonamides is 1. The lowest BCUT2D eigenvalue weighted by Crippen LogP contribution is -2.25. The molecular formula is C15H20N2O2S. The third-order valence-electron chi connectivity index (χ3n) is 3.28. The number of hydrogen-bond acceptors (Lipinski definition) is 3. The Balaban J connectivity index is 2.35. The van der Waals surface area contributed by atoms with Crippen molar-refractivity contribution in [3.05, 3.63) is 36.4 Å². The van der Waals surface area contributed by atoms with E-state index in [1.54, 1.807) is 18.2 Å². The van der Waals surface area contributed by atoms with Gasteiger partial charge in [-0.05, 0) is 18.6 Å². The number of benzene rings is 2. The van der Waals surface area contributed by atoms with E-state index in [9.17, 15) is 8.42 Å². The highest BCUT2D eigenvalue weighted by Crippen LogP contribution is 2.27. The highest BCUT2D eigenvalue weighted by molar-refractivity contribution is 7.89. The van der Waals surface area contributed by atoms with Crippen molar-refractivity contribution in [1.29, 1.82) is 0 Å². The van der Waals surface area contributed by atoms with E-state index < -0.39 is 10.0 Å². The molecule has 0 radical (unpaired) electrons. The Labute approximate surface area is 120 Å². The summed E-state index contributed by atoms with van der Waals surface area (Å²) in [6.45, 7) is 2.55. The van der Waals surface area contributed by atoms with Gasteiger partial charge in [-0.15, -0.1) is 0 Å². The molecule has 0 amide bonds. The van der Waals surface area contributed by atoms with E-state index >= 15 is 0 Å². The molecule has 0 saturated heterocycles. The van der Waals surface area contributed by atoms with Gasteiger partial charge in [0.25, 0.3) is 0 Å². The third-order valence-corrected chi connectivity index (χ3v) is 4.80. The van der Waals surface area contributed by atoms with Gasteiger partial charge in [0.1, 0.15) is 0 Å². The molecule has 2 aromatic carbocycles. The van der Waals surface area contributed by atoms with E-state index in [2.05, 4.69) is 11.6 Å². The fourth-order valence-electron chi connectivity index (χ4n) is 2.19. The summed E-state index contributed by atoms with van der Waals surface area (Å²) in [6.07, 6.45) is 2.93. The van der Waals surface area contributed by atoms with Crippen LogP contribution in [0.5, 0.6) is 0 Å². The van der Waals surface area contributed by atoms with Crippen molar-refractivity contribution < 1.29 is 8.42 Å². The summed E-state index contributed by atoms with van der Waals surface area (Å²) in [5, 5.41) is 1.43. The van der Waals surface area contributed by atoms with Crippen molar-refractivity contribution in [1.82, 2.24) is 4.72 Å². The molecule has 0 aliphatic carbocycles. The molecule has 4 nitrogen and oxygen atoms in total. The molecule has 0 saturated carbocycles. The molecule has 0 aliphatic rings. The molecule has 2 rings (SSSR count). The number of unbranched alkanes of at least 4 members (excludes halogenated alkanes) is 2. The Kier molecular flexibility index (Phi) is 4.62. The zero-order valence-corrected chi connectivity index (χ0v) is 12.4. The quantitative estimate of drug-likeness (QED) is 0.635. The van der Waals surface area contributed by atoms with Crippen LogP contribution in [-0.2, 0) is 10.0 Å². The average Bonchev–Trinajstić information content (AvgIpc) is 2.44. The standard InChI is InChI=1S/C15H20N2O2S/c1-2-3-6-11-17-20(18,19)15-10-9-14(16)12-7-4-5-8-13(12)15/h4-5,7-10,17H,2-3,6,11,16H2,1H3. The summed E-state index contributed by atoms with van der Waals surface area (Å²) >= 11 is 0. The van der Waals surface area contributed by atoms with Gasteiger partial charge in [-0.25, -0.2) is 13.1 Å². The summed E-state index contributed by atoms with van der Waals surface area (Å²) in [7, 11) is -3.49. The van der Waals surface area contributed by atoms with Gasteiger partial charge in [-0.3, -0.25) is 0 Å². The molecule has 108 valence electrons. The van der Waals surface area contributed by atoms with Gasteiger partial charge in [0, 0.05) is 23.0 Å². The lowest BCUT2D eigenvalue weighted by atomic mass is 10.1. The smallest absolute Gasteiger partial charge is 0.241 e. The first-order chi connectivity index (χ1) is 9.56. The minimum Gasteiger partial charge on any atom is -0.398 e. The van der Waals surface area contributed by atoms with Crippen molar-refractivity contribution in [2.45, 2.75) is 31.1 Å². The molecule has 5 heteroatoms. The molecule has 3 N–H and O–H groups in total. The van der Waals surface area contributed by atoms with E-state index in [0.717, 1.165) is 24.6 Å². The summed E-state index contributed by atoms with van der Waals surface area (Å²) in [6, 6.07) is 10.5. The van der Waals surface area contributed by atoms with Gasteiger partial charge in [-0.2, -0.15) is 0 Å². The Bertz CT molecular complexity index is 696. The van der Waals surface area contributed by atoms with Crippen molar-refractivity contribution in [3.63, 3.8) is 0 Å². The number of nitrogens with one attached hydrogen (secondary N) is 1. The lowest BCUT2D eigenvalue weighted by Gasteiger charge is -2.10. The van der Waals surface area contributed by atoms with Crippen LogP contribution in [0.3, 0.4) is 0 Å². The molecule has 0 aromatic heterocycles. The monoisotopic (exact) mass is 292 g/mol. The molecule has 0 bridgehead atoms. The van der Waals surface area contributed by atoms with E-state index in [4.69, 9.17) is 5.73 Å². The van der Waals surface area contributed by atoms with Crippen LogP contribution >= 0.6 is 0 Å². The first-order valence-corrected chi connectivity index (χ1v) is 8.31. The number of rotatable bonds is 6. The van der Waals surface area contributed by atoms with Gasteiger partial charge < -0.3 is 5.73 Å². The highest BCUT2D eigenvalue weighted by Gasteiger charge is 2.17. The third kappa shape index (κ3) is 3.11. The summed E-state index contributed by atoms with van der Waals surface area (Å²) in [5.74, 6) is 0. The second-order valence-electron chi connectivity index (χ2n) is 4.80. The van der Waals surface area contributed by atoms with E-state index in [1.807, 2.05) is 18.2 Å². The van der Waals surface area contributed by atoms with Crippen molar-refractivity contribution in [2.75, 3.05) is 12.3 Å². The number of fused-ring (bicyclic) bond motifs is 1. The number of anilines is 1. The number of nitrogens with two attached hydrogens (primary N) is 1. The predicted molar refractivity (Wildman–Crippen MR) is 83.1 cm³/mol. The molecule has 0 spiro atoms. The largest absolute Gasteiger partial charge is 0.398 e. The van der Waals surface area contributed by atoms with Gasteiger partial charge >= 0.3 is 0 Å². The molecular weight excluding hydrogens is 272 g/mol. The Morgan fingerprint density at radius 2 is 1.75 bits per heavy atom. The minimum absolute atomic E-state index is 0.291. The van der Waals surface area contributed by atoms with Crippen molar-refractivity contribution >= 4 is 26.5 Å². The molecule has 0 unspecified atom stereocenters. The topological polar surface area (TPSA) is 72.2 Å².